The molecule has 1 aliphatic heterocycles. The summed E-state index contributed by atoms with van der Waals surface area (Å²) in [5.41, 5.74) is 1.40. The first-order valence-electron chi connectivity index (χ1n) is 9.75. The monoisotopic (exact) mass is 373 g/mol. The summed E-state index contributed by atoms with van der Waals surface area (Å²) in [6.07, 6.45) is 5.86. The zero-order valence-corrected chi connectivity index (χ0v) is 15.9. The quantitative estimate of drug-likeness (QED) is 0.849. The molecule has 2 atom stereocenters. The van der Waals surface area contributed by atoms with Crippen LogP contribution in [0.1, 0.15) is 39.0 Å². The molecule has 146 valence electrons. The lowest BCUT2D eigenvalue weighted by Gasteiger charge is -2.56. The first-order valence-corrected chi connectivity index (χ1v) is 9.75. The Bertz CT molecular complexity index is 745. The Morgan fingerprint density at radius 1 is 1.41 bits per heavy atom. The van der Waals surface area contributed by atoms with Gasteiger partial charge in [-0.1, -0.05) is 12.8 Å². The Morgan fingerprint density at radius 3 is 2.93 bits per heavy atom. The molecule has 0 saturated heterocycles. The van der Waals surface area contributed by atoms with E-state index in [0.29, 0.717) is 17.1 Å². The fraction of sp³-hybridized carbons (Fsp3) is 0.600. The smallest absolute Gasteiger partial charge is 0.321 e. The Morgan fingerprint density at radius 2 is 2.19 bits per heavy atom. The number of nitrogens with zero attached hydrogens (tertiary/aromatic N) is 1. The van der Waals surface area contributed by atoms with Gasteiger partial charge in [-0.05, 0) is 38.3 Å². The van der Waals surface area contributed by atoms with E-state index in [1.165, 1.54) is 12.8 Å². The third-order valence-electron chi connectivity index (χ3n) is 6.30. The van der Waals surface area contributed by atoms with Crippen LogP contribution in [0, 0.1) is 5.41 Å². The van der Waals surface area contributed by atoms with Crippen molar-refractivity contribution >= 4 is 23.3 Å². The minimum atomic E-state index is -0.172. The first kappa shape index (κ1) is 18.1. The number of benzene rings is 1. The molecule has 7 heteroatoms. The molecule has 4 rings (SSSR count). The van der Waals surface area contributed by atoms with E-state index in [-0.39, 0.29) is 36.1 Å². The minimum absolute atomic E-state index is 0.00624. The van der Waals surface area contributed by atoms with E-state index < -0.39 is 0 Å². The van der Waals surface area contributed by atoms with Gasteiger partial charge in [-0.3, -0.25) is 4.79 Å². The second kappa shape index (κ2) is 7.03. The number of carbonyl (C=O) groups is 2. The molecule has 0 unspecified atom stereocenters. The third kappa shape index (κ3) is 3.14. The molecule has 2 saturated carbocycles. The Kier molecular flexibility index (Phi) is 4.72. The number of rotatable bonds is 4. The van der Waals surface area contributed by atoms with Crippen molar-refractivity contribution in [3.63, 3.8) is 0 Å². The summed E-state index contributed by atoms with van der Waals surface area (Å²) in [6, 6.07) is 5.35. The average Bonchev–Trinajstić information content (AvgIpc) is 3.17. The summed E-state index contributed by atoms with van der Waals surface area (Å²) >= 11 is 0. The van der Waals surface area contributed by atoms with Gasteiger partial charge in [0.1, 0.15) is 5.75 Å². The molecule has 0 aromatic heterocycles. The van der Waals surface area contributed by atoms with Crippen LogP contribution in [-0.2, 0) is 9.53 Å². The third-order valence-corrected chi connectivity index (χ3v) is 6.30. The van der Waals surface area contributed by atoms with Crippen molar-refractivity contribution in [1.29, 1.82) is 0 Å². The maximum Gasteiger partial charge on any atom is 0.321 e. The number of urea groups is 1. The largest absolute Gasteiger partial charge is 0.482 e. The molecular weight excluding hydrogens is 346 g/mol. The predicted octanol–water partition coefficient (Wildman–Crippen LogP) is 3.22. The maximum absolute atomic E-state index is 12.8. The summed E-state index contributed by atoms with van der Waals surface area (Å²) < 4.78 is 11.4. The summed E-state index contributed by atoms with van der Waals surface area (Å²) in [5.74, 6) is 0.400. The molecular formula is C20H27N3O4. The van der Waals surface area contributed by atoms with Gasteiger partial charge in [0.25, 0.3) is 5.91 Å². The number of carbonyl (C=O) groups excluding carboxylic acids is 2. The minimum Gasteiger partial charge on any atom is -0.482 e. The lowest BCUT2D eigenvalue weighted by molar-refractivity contribution is -0.150. The molecule has 0 bridgehead atoms. The van der Waals surface area contributed by atoms with E-state index in [1.807, 2.05) is 18.9 Å². The fourth-order valence-corrected chi connectivity index (χ4v) is 4.90. The van der Waals surface area contributed by atoms with Crippen LogP contribution in [0.5, 0.6) is 5.75 Å². The Hall–Kier alpha value is -2.28. The van der Waals surface area contributed by atoms with Gasteiger partial charge in [0.15, 0.2) is 6.61 Å². The van der Waals surface area contributed by atoms with Gasteiger partial charge in [0.05, 0.1) is 11.8 Å². The molecule has 2 N–H and O–H groups in total. The molecule has 2 aliphatic carbocycles. The molecule has 1 spiro atoms. The highest BCUT2D eigenvalue weighted by Crippen LogP contribution is 2.56. The first-order chi connectivity index (χ1) is 13.0. The van der Waals surface area contributed by atoms with Crippen molar-refractivity contribution in [3.8, 4) is 5.75 Å². The number of ether oxygens (including phenoxy) is 2. The summed E-state index contributed by atoms with van der Waals surface area (Å²) in [5, 5.41) is 5.71. The highest BCUT2D eigenvalue weighted by Gasteiger charge is 2.58. The number of amides is 3. The average molecular weight is 373 g/mol. The van der Waals surface area contributed by atoms with Crippen LogP contribution in [0.15, 0.2) is 18.2 Å². The number of anilines is 2. The van der Waals surface area contributed by atoms with Crippen molar-refractivity contribution in [2.75, 3.05) is 30.9 Å². The van der Waals surface area contributed by atoms with E-state index in [1.54, 1.807) is 18.2 Å². The van der Waals surface area contributed by atoms with Crippen LogP contribution in [-0.4, -0.2) is 49.2 Å². The van der Waals surface area contributed by atoms with Crippen LogP contribution < -0.4 is 15.4 Å². The molecule has 1 heterocycles. The predicted molar refractivity (Wildman–Crippen MR) is 102 cm³/mol. The molecule has 1 aromatic rings. The zero-order chi connectivity index (χ0) is 19.0. The summed E-state index contributed by atoms with van der Waals surface area (Å²) in [6.45, 7) is 2.75. The number of fused-ring (bicyclic) bond motifs is 1. The molecule has 1 aromatic carbocycles. The van der Waals surface area contributed by atoms with Crippen molar-refractivity contribution in [3.05, 3.63) is 18.2 Å². The van der Waals surface area contributed by atoms with E-state index >= 15 is 0 Å². The van der Waals surface area contributed by atoms with Gasteiger partial charge >= 0.3 is 6.03 Å². The van der Waals surface area contributed by atoms with E-state index in [0.717, 1.165) is 25.9 Å². The van der Waals surface area contributed by atoms with Gasteiger partial charge in [-0.15, -0.1) is 0 Å². The number of hydrogen-bond acceptors (Lipinski definition) is 4. The number of nitrogens with one attached hydrogen (secondary N) is 2. The van der Waals surface area contributed by atoms with Crippen LogP contribution in [0.2, 0.25) is 0 Å². The molecule has 0 radical (unpaired) electrons. The van der Waals surface area contributed by atoms with Crippen molar-refractivity contribution in [2.24, 2.45) is 5.41 Å². The second-order valence-corrected chi connectivity index (χ2v) is 7.72. The maximum atomic E-state index is 12.8. The fourth-order valence-electron chi connectivity index (χ4n) is 4.90. The zero-order valence-electron chi connectivity index (χ0n) is 15.9. The Balaban J connectivity index is 1.43. The van der Waals surface area contributed by atoms with E-state index in [9.17, 15) is 9.59 Å². The van der Waals surface area contributed by atoms with Crippen LogP contribution >= 0.6 is 0 Å². The van der Waals surface area contributed by atoms with Crippen LogP contribution in [0.4, 0.5) is 16.2 Å². The van der Waals surface area contributed by atoms with Gasteiger partial charge in [0.2, 0.25) is 0 Å². The SMILES string of the molecule is CCO[C@H]1C[C@H](N(C)C(=O)Nc2ccc3c(c2)OCC(=O)N3)C12CCCC2. The molecule has 27 heavy (non-hydrogen) atoms. The van der Waals surface area contributed by atoms with Gasteiger partial charge < -0.3 is 25.0 Å². The van der Waals surface area contributed by atoms with Gasteiger partial charge in [0, 0.05) is 36.9 Å². The lowest BCUT2D eigenvalue weighted by Crippen LogP contribution is -2.64. The highest BCUT2D eigenvalue weighted by atomic mass is 16.5. The van der Waals surface area contributed by atoms with Gasteiger partial charge in [-0.25, -0.2) is 4.79 Å². The van der Waals surface area contributed by atoms with Crippen LogP contribution in [0.3, 0.4) is 0 Å². The molecule has 2 fully saturated rings. The van der Waals surface area contributed by atoms with Gasteiger partial charge in [-0.2, -0.15) is 0 Å². The summed E-state index contributed by atoms with van der Waals surface area (Å²) in [7, 11) is 1.87. The lowest BCUT2D eigenvalue weighted by atomic mass is 9.60. The van der Waals surface area contributed by atoms with E-state index in [2.05, 4.69) is 10.6 Å². The van der Waals surface area contributed by atoms with Crippen molar-refractivity contribution < 1.29 is 19.1 Å². The highest BCUT2D eigenvalue weighted by molar-refractivity contribution is 5.96. The second-order valence-electron chi connectivity index (χ2n) is 7.72. The van der Waals surface area contributed by atoms with E-state index in [4.69, 9.17) is 9.47 Å². The Labute approximate surface area is 159 Å². The van der Waals surface area contributed by atoms with Crippen molar-refractivity contribution in [1.82, 2.24) is 4.90 Å². The molecule has 3 amide bonds. The molecule has 3 aliphatic rings. The van der Waals surface area contributed by atoms with Crippen LogP contribution in [0.25, 0.3) is 0 Å². The molecule has 7 nitrogen and oxygen atoms in total. The topological polar surface area (TPSA) is 79.9 Å². The standard InChI is InChI=1S/C20H27N3O4/c1-3-26-17-11-16(20(17)8-4-5-9-20)23(2)19(25)21-13-6-7-14-15(10-13)27-12-18(24)22-14/h6-7,10,16-17H,3-5,8-9,11-12H2,1-2H3,(H,21,25)(H,22,24)/t16-,17-/m0/s1. The van der Waals surface area contributed by atoms with Crippen molar-refractivity contribution in [2.45, 2.75) is 51.2 Å². The summed E-state index contributed by atoms with van der Waals surface area (Å²) in [4.78, 5) is 26.0. The normalized spacial score (nSPS) is 25.2. The number of hydrogen-bond donors (Lipinski definition) is 2.